The second-order valence-electron chi connectivity index (χ2n) is 3.31. The molecule has 0 aliphatic heterocycles. The molecule has 0 fully saturated rings. The number of hydrogen-bond donors (Lipinski definition) is 1. The molecule has 0 atom stereocenters. The molecular weight excluding hydrogens is 272 g/mol. The fraction of sp³-hybridized carbons (Fsp3) is 0.0833. The van der Waals surface area contributed by atoms with E-state index >= 15 is 0 Å². The van der Waals surface area contributed by atoms with Crippen molar-refractivity contribution >= 4 is 32.7 Å². The first-order valence-corrected chi connectivity index (χ1v) is 5.42. The van der Waals surface area contributed by atoms with Crippen LogP contribution in [0.25, 0.3) is 10.8 Å². The van der Waals surface area contributed by atoms with Gasteiger partial charge in [0, 0.05) is 15.2 Å². The van der Waals surface area contributed by atoms with E-state index in [-0.39, 0.29) is 5.56 Å². The summed E-state index contributed by atoms with van der Waals surface area (Å²) >= 11 is 3.33. The average molecular weight is 281 g/mol. The predicted molar refractivity (Wildman–Crippen MR) is 65.2 cm³/mol. The summed E-state index contributed by atoms with van der Waals surface area (Å²) in [5.74, 6) is -0.266. The molecule has 0 saturated heterocycles. The van der Waals surface area contributed by atoms with Crippen LogP contribution in [0.4, 0.5) is 0 Å². The lowest BCUT2D eigenvalue weighted by Crippen LogP contribution is -1.98. The van der Waals surface area contributed by atoms with Crippen LogP contribution < -0.4 is 4.74 Å². The zero-order chi connectivity index (χ0) is 11.7. The molecule has 16 heavy (non-hydrogen) atoms. The molecule has 2 rings (SSSR count). The molecule has 3 nitrogen and oxygen atoms in total. The van der Waals surface area contributed by atoms with Crippen molar-refractivity contribution < 1.29 is 14.6 Å². The number of hydrogen-bond acceptors (Lipinski definition) is 2. The van der Waals surface area contributed by atoms with Crippen LogP contribution in [0.5, 0.6) is 5.75 Å². The normalized spacial score (nSPS) is 10.4. The third kappa shape index (κ3) is 1.76. The first-order valence-electron chi connectivity index (χ1n) is 4.63. The van der Waals surface area contributed by atoms with E-state index < -0.39 is 5.97 Å². The minimum atomic E-state index is -0.939. The maximum atomic E-state index is 11.1. The van der Waals surface area contributed by atoms with E-state index in [9.17, 15) is 4.79 Å². The van der Waals surface area contributed by atoms with Crippen molar-refractivity contribution in [1.82, 2.24) is 0 Å². The fourth-order valence-corrected chi connectivity index (χ4v) is 2.02. The zero-order valence-electron chi connectivity index (χ0n) is 8.53. The average Bonchev–Trinajstić information content (AvgIpc) is 2.26. The number of carbonyl (C=O) groups is 1. The highest BCUT2D eigenvalue weighted by molar-refractivity contribution is 9.10. The molecule has 4 heteroatoms. The highest BCUT2D eigenvalue weighted by Crippen LogP contribution is 2.30. The van der Waals surface area contributed by atoms with Crippen molar-refractivity contribution in [2.24, 2.45) is 0 Å². The summed E-state index contributed by atoms with van der Waals surface area (Å²) in [5, 5.41) is 10.5. The van der Waals surface area contributed by atoms with Gasteiger partial charge in [-0.3, -0.25) is 0 Å². The number of fused-ring (bicyclic) bond motifs is 1. The van der Waals surface area contributed by atoms with E-state index in [1.54, 1.807) is 25.3 Å². The Morgan fingerprint density at radius 2 is 2.00 bits per heavy atom. The molecule has 0 aliphatic rings. The molecule has 0 bridgehead atoms. The van der Waals surface area contributed by atoms with Gasteiger partial charge in [0.15, 0.2) is 0 Å². The Hall–Kier alpha value is -1.55. The Kier molecular flexibility index (Phi) is 2.83. The highest BCUT2D eigenvalue weighted by Gasteiger charge is 2.11. The van der Waals surface area contributed by atoms with Crippen molar-refractivity contribution in [3.63, 3.8) is 0 Å². The van der Waals surface area contributed by atoms with Crippen molar-refractivity contribution in [3.05, 3.63) is 40.4 Å². The maximum absolute atomic E-state index is 11.1. The van der Waals surface area contributed by atoms with Crippen molar-refractivity contribution in [3.8, 4) is 5.75 Å². The molecule has 0 unspecified atom stereocenters. The van der Waals surface area contributed by atoms with E-state index in [2.05, 4.69) is 15.9 Å². The number of carboxylic acids is 1. The lowest BCUT2D eigenvalue weighted by Gasteiger charge is -2.08. The third-order valence-electron chi connectivity index (χ3n) is 2.39. The molecule has 0 aromatic heterocycles. The summed E-state index contributed by atoms with van der Waals surface area (Å²) < 4.78 is 6.04. The molecule has 0 radical (unpaired) electrons. The standard InChI is InChI=1S/C12H9BrO3/c1-16-11-5-4-9(12(14)15)10-6-7(13)2-3-8(10)11/h2-6H,1H3,(H,14,15). The topological polar surface area (TPSA) is 46.5 Å². The van der Waals surface area contributed by atoms with Crippen LogP contribution in [-0.4, -0.2) is 18.2 Å². The summed E-state index contributed by atoms with van der Waals surface area (Å²) in [6.07, 6.45) is 0. The molecule has 2 aromatic carbocycles. The van der Waals surface area contributed by atoms with Crippen LogP contribution in [0.1, 0.15) is 10.4 Å². The molecule has 0 aliphatic carbocycles. The minimum Gasteiger partial charge on any atom is -0.496 e. The monoisotopic (exact) mass is 280 g/mol. The first kappa shape index (κ1) is 11.0. The highest BCUT2D eigenvalue weighted by atomic mass is 79.9. The first-order chi connectivity index (χ1) is 7.63. The van der Waals surface area contributed by atoms with Crippen molar-refractivity contribution in [1.29, 1.82) is 0 Å². The zero-order valence-corrected chi connectivity index (χ0v) is 10.1. The van der Waals surface area contributed by atoms with E-state index in [0.717, 1.165) is 9.86 Å². The van der Waals surface area contributed by atoms with Gasteiger partial charge in [-0.05, 0) is 30.3 Å². The Balaban J connectivity index is 2.85. The number of halogens is 1. The van der Waals surface area contributed by atoms with Gasteiger partial charge >= 0.3 is 5.97 Å². The number of benzene rings is 2. The Labute approximate surface area is 101 Å². The molecular formula is C12H9BrO3. The second-order valence-corrected chi connectivity index (χ2v) is 4.23. The van der Waals surface area contributed by atoms with Gasteiger partial charge in [-0.25, -0.2) is 4.79 Å². The van der Waals surface area contributed by atoms with E-state index in [0.29, 0.717) is 11.1 Å². The van der Waals surface area contributed by atoms with Gasteiger partial charge in [0.2, 0.25) is 0 Å². The van der Waals surface area contributed by atoms with Gasteiger partial charge in [0.05, 0.1) is 12.7 Å². The minimum absolute atomic E-state index is 0.275. The second kappa shape index (κ2) is 4.14. The molecule has 1 N–H and O–H groups in total. The third-order valence-corrected chi connectivity index (χ3v) is 2.88. The van der Waals surface area contributed by atoms with Gasteiger partial charge in [-0.15, -0.1) is 0 Å². The van der Waals surface area contributed by atoms with Crippen molar-refractivity contribution in [2.75, 3.05) is 7.11 Å². The Morgan fingerprint density at radius 3 is 2.62 bits per heavy atom. The number of ether oxygens (including phenoxy) is 1. The van der Waals surface area contributed by atoms with Crippen molar-refractivity contribution in [2.45, 2.75) is 0 Å². The van der Waals surface area contributed by atoms with Gasteiger partial charge < -0.3 is 9.84 Å². The summed E-state index contributed by atoms with van der Waals surface area (Å²) in [4.78, 5) is 11.1. The summed E-state index contributed by atoms with van der Waals surface area (Å²) in [6.45, 7) is 0. The quantitative estimate of drug-likeness (QED) is 0.918. The lowest BCUT2D eigenvalue weighted by atomic mass is 10.0. The predicted octanol–water partition coefficient (Wildman–Crippen LogP) is 3.31. The van der Waals surface area contributed by atoms with Crippen LogP contribution in [0.3, 0.4) is 0 Å². The van der Waals surface area contributed by atoms with Crippen LogP contribution in [0, 0.1) is 0 Å². The van der Waals surface area contributed by atoms with E-state index in [1.165, 1.54) is 0 Å². The SMILES string of the molecule is COc1ccc(C(=O)O)c2cc(Br)ccc12. The van der Waals surface area contributed by atoms with Crippen LogP contribution in [-0.2, 0) is 0 Å². The molecule has 0 heterocycles. The van der Waals surface area contributed by atoms with Crippen LogP contribution >= 0.6 is 15.9 Å². The molecule has 2 aromatic rings. The summed E-state index contributed by atoms with van der Waals surface area (Å²) in [7, 11) is 1.57. The summed E-state index contributed by atoms with van der Waals surface area (Å²) in [6, 6.07) is 8.69. The van der Waals surface area contributed by atoms with Gasteiger partial charge in [0.1, 0.15) is 5.75 Å². The van der Waals surface area contributed by atoms with Crippen LogP contribution in [0.2, 0.25) is 0 Å². The lowest BCUT2D eigenvalue weighted by molar-refractivity contribution is 0.0699. The van der Waals surface area contributed by atoms with Gasteiger partial charge in [-0.2, -0.15) is 0 Å². The summed E-state index contributed by atoms with van der Waals surface area (Å²) in [5.41, 5.74) is 0.275. The smallest absolute Gasteiger partial charge is 0.336 e. The molecule has 0 saturated carbocycles. The number of rotatable bonds is 2. The van der Waals surface area contributed by atoms with Crippen LogP contribution in [0.15, 0.2) is 34.8 Å². The molecule has 0 spiro atoms. The maximum Gasteiger partial charge on any atom is 0.336 e. The Morgan fingerprint density at radius 1 is 1.25 bits per heavy atom. The van der Waals surface area contributed by atoms with Gasteiger partial charge in [0.25, 0.3) is 0 Å². The Bertz CT molecular complexity index is 563. The molecule has 0 amide bonds. The number of aromatic carboxylic acids is 1. The number of carboxylic acid groups (broad SMARTS) is 1. The van der Waals surface area contributed by atoms with E-state index in [4.69, 9.17) is 9.84 Å². The number of methoxy groups -OCH3 is 1. The molecule has 82 valence electrons. The van der Waals surface area contributed by atoms with E-state index in [1.807, 2.05) is 12.1 Å². The fourth-order valence-electron chi connectivity index (χ4n) is 1.66. The largest absolute Gasteiger partial charge is 0.496 e. The van der Waals surface area contributed by atoms with Gasteiger partial charge in [-0.1, -0.05) is 15.9 Å².